The topological polar surface area (TPSA) is 96.6 Å². The number of hydrogen-bond donors (Lipinski definition) is 3. The average molecular weight is 344 g/mol. The SMILES string of the molecule is Br.CC1(O)N=C2N(CC(=O)O)c3ccccc3N2C1O. The van der Waals surface area contributed by atoms with Crippen LogP contribution in [0.15, 0.2) is 29.3 Å². The van der Waals surface area contributed by atoms with Gasteiger partial charge in [0.25, 0.3) is 0 Å². The molecule has 0 spiro atoms. The van der Waals surface area contributed by atoms with Gasteiger partial charge in [0.1, 0.15) is 6.54 Å². The van der Waals surface area contributed by atoms with Gasteiger partial charge < -0.3 is 15.3 Å². The molecule has 3 N–H and O–H groups in total. The Morgan fingerprint density at radius 2 is 2.00 bits per heavy atom. The monoisotopic (exact) mass is 343 g/mol. The Morgan fingerprint density at radius 3 is 2.60 bits per heavy atom. The van der Waals surface area contributed by atoms with Crippen molar-refractivity contribution in [2.45, 2.75) is 18.9 Å². The van der Waals surface area contributed by atoms with Crippen LogP contribution >= 0.6 is 17.0 Å². The predicted molar refractivity (Wildman–Crippen MR) is 78.3 cm³/mol. The van der Waals surface area contributed by atoms with Gasteiger partial charge in [-0.1, -0.05) is 12.1 Å². The van der Waals surface area contributed by atoms with E-state index >= 15 is 0 Å². The lowest BCUT2D eigenvalue weighted by molar-refractivity contribution is -0.135. The minimum absolute atomic E-state index is 0. The molecule has 0 saturated heterocycles. The van der Waals surface area contributed by atoms with Gasteiger partial charge in [-0.2, -0.15) is 0 Å². The van der Waals surface area contributed by atoms with Gasteiger partial charge in [0.2, 0.25) is 11.7 Å². The van der Waals surface area contributed by atoms with E-state index in [2.05, 4.69) is 4.99 Å². The minimum atomic E-state index is -1.65. The van der Waals surface area contributed by atoms with Crippen molar-refractivity contribution in [1.29, 1.82) is 0 Å². The van der Waals surface area contributed by atoms with Crippen LogP contribution in [0.2, 0.25) is 0 Å². The van der Waals surface area contributed by atoms with E-state index in [0.29, 0.717) is 11.4 Å². The second-order valence-corrected chi connectivity index (χ2v) is 4.72. The normalized spacial score (nSPS) is 26.8. The van der Waals surface area contributed by atoms with E-state index in [1.54, 1.807) is 24.3 Å². The Morgan fingerprint density at radius 1 is 1.40 bits per heavy atom. The number of halogens is 1. The van der Waals surface area contributed by atoms with Crippen molar-refractivity contribution < 1.29 is 20.1 Å². The Bertz CT molecular complexity index is 590. The number of aliphatic carboxylic acids is 1. The van der Waals surface area contributed by atoms with Crippen LogP contribution in [0, 0.1) is 0 Å². The van der Waals surface area contributed by atoms with Gasteiger partial charge >= 0.3 is 5.97 Å². The van der Waals surface area contributed by atoms with Crippen LogP contribution in [-0.2, 0) is 4.79 Å². The molecule has 2 aliphatic rings. The molecule has 7 nitrogen and oxygen atoms in total. The number of aliphatic imine (C=N–C) groups is 1. The van der Waals surface area contributed by atoms with Gasteiger partial charge in [-0.15, -0.1) is 17.0 Å². The van der Waals surface area contributed by atoms with Crippen molar-refractivity contribution in [2.75, 3.05) is 16.3 Å². The van der Waals surface area contributed by atoms with E-state index in [1.807, 2.05) is 0 Å². The molecule has 20 heavy (non-hydrogen) atoms. The quantitative estimate of drug-likeness (QED) is 0.718. The lowest BCUT2D eigenvalue weighted by Gasteiger charge is -2.24. The van der Waals surface area contributed by atoms with Crippen LogP contribution in [0.1, 0.15) is 6.92 Å². The summed E-state index contributed by atoms with van der Waals surface area (Å²) in [7, 11) is 0. The molecule has 108 valence electrons. The third-order valence-corrected chi connectivity index (χ3v) is 3.24. The van der Waals surface area contributed by atoms with E-state index < -0.39 is 17.9 Å². The Labute approximate surface area is 125 Å². The molecule has 2 unspecified atom stereocenters. The molecule has 0 bridgehead atoms. The summed E-state index contributed by atoms with van der Waals surface area (Å²) in [4.78, 5) is 17.9. The highest BCUT2D eigenvalue weighted by Crippen LogP contribution is 2.43. The summed E-state index contributed by atoms with van der Waals surface area (Å²) in [5.74, 6) is -0.763. The molecule has 8 heteroatoms. The molecule has 0 fully saturated rings. The summed E-state index contributed by atoms with van der Waals surface area (Å²) in [5.41, 5.74) is -0.370. The molecule has 2 aliphatic heterocycles. The third kappa shape index (κ3) is 1.96. The molecule has 1 aromatic rings. The Balaban J connectivity index is 0.00000147. The number of aliphatic hydroxyl groups excluding tert-OH is 1. The van der Waals surface area contributed by atoms with Gasteiger partial charge in [0.05, 0.1) is 11.4 Å². The molecule has 0 radical (unpaired) electrons. The zero-order valence-electron chi connectivity index (χ0n) is 10.6. The van der Waals surface area contributed by atoms with Gasteiger partial charge in [-0.05, 0) is 19.1 Å². The first kappa shape index (κ1) is 14.8. The lowest BCUT2D eigenvalue weighted by Crippen LogP contribution is -2.46. The number of carbonyl (C=O) groups is 1. The first-order valence-corrected chi connectivity index (χ1v) is 5.80. The van der Waals surface area contributed by atoms with Crippen LogP contribution in [0.25, 0.3) is 0 Å². The Hall–Kier alpha value is -1.64. The largest absolute Gasteiger partial charge is 0.480 e. The first-order valence-electron chi connectivity index (χ1n) is 5.80. The van der Waals surface area contributed by atoms with Crippen LogP contribution in [0.3, 0.4) is 0 Å². The van der Waals surface area contributed by atoms with Crippen molar-refractivity contribution in [3.8, 4) is 0 Å². The summed E-state index contributed by atoms with van der Waals surface area (Å²) in [6.45, 7) is 1.10. The number of para-hydroxylation sites is 2. The van der Waals surface area contributed by atoms with Crippen molar-refractivity contribution in [3.05, 3.63) is 24.3 Å². The van der Waals surface area contributed by atoms with Gasteiger partial charge in [-0.25, -0.2) is 4.99 Å². The van der Waals surface area contributed by atoms with Crippen LogP contribution in [0.4, 0.5) is 11.4 Å². The fourth-order valence-corrected chi connectivity index (χ4v) is 2.39. The van der Waals surface area contributed by atoms with E-state index in [0.717, 1.165) is 0 Å². The first-order chi connectivity index (χ1) is 8.92. The second-order valence-electron chi connectivity index (χ2n) is 4.72. The van der Waals surface area contributed by atoms with Crippen LogP contribution in [0.5, 0.6) is 0 Å². The maximum Gasteiger partial charge on any atom is 0.323 e. The smallest absolute Gasteiger partial charge is 0.323 e. The minimum Gasteiger partial charge on any atom is -0.480 e. The molecular formula is C12H14BrN3O4. The summed E-state index contributed by atoms with van der Waals surface area (Å²) < 4.78 is 0. The molecule has 2 heterocycles. The number of carboxylic acids is 1. The molecule has 0 saturated carbocycles. The number of benzene rings is 1. The maximum atomic E-state index is 11.0. The van der Waals surface area contributed by atoms with Crippen molar-refractivity contribution >= 4 is 40.3 Å². The highest BCUT2D eigenvalue weighted by Gasteiger charge is 2.50. The predicted octanol–water partition coefficient (Wildman–Crippen LogP) is 0.372. The fourth-order valence-electron chi connectivity index (χ4n) is 2.39. The number of guanidine groups is 1. The molecule has 2 atom stereocenters. The summed E-state index contributed by atoms with van der Waals surface area (Å²) >= 11 is 0. The molecule has 0 amide bonds. The number of nitrogens with zero attached hydrogens (tertiary/aromatic N) is 3. The van der Waals surface area contributed by atoms with Crippen molar-refractivity contribution in [3.63, 3.8) is 0 Å². The number of carboxylic acid groups (broad SMARTS) is 1. The molecule has 1 aromatic carbocycles. The molecule has 0 aliphatic carbocycles. The summed E-state index contributed by atoms with van der Waals surface area (Å²) in [6.07, 6.45) is -1.23. The van der Waals surface area contributed by atoms with E-state index in [-0.39, 0.29) is 29.5 Å². The zero-order chi connectivity index (χ0) is 13.8. The Kier molecular flexibility index (Phi) is 3.49. The zero-order valence-corrected chi connectivity index (χ0v) is 12.3. The van der Waals surface area contributed by atoms with Gasteiger partial charge in [-0.3, -0.25) is 14.6 Å². The lowest BCUT2D eigenvalue weighted by atomic mass is 10.2. The number of hydrogen-bond acceptors (Lipinski definition) is 6. The number of anilines is 2. The highest BCUT2D eigenvalue weighted by molar-refractivity contribution is 8.93. The third-order valence-electron chi connectivity index (χ3n) is 3.24. The number of aliphatic hydroxyl groups is 2. The average Bonchev–Trinajstić information content (AvgIpc) is 2.74. The van der Waals surface area contributed by atoms with Crippen molar-refractivity contribution in [1.82, 2.24) is 0 Å². The maximum absolute atomic E-state index is 11.0. The van der Waals surface area contributed by atoms with Gasteiger partial charge in [0.15, 0.2) is 6.23 Å². The standard InChI is InChI=1S/C12H13N3O4.BrH/c1-12(19)10(18)15-8-5-3-2-4-7(8)14(6-9(16)17)11(15)13-12;/h2-5,10,18-19H,6H2,1H3,(H,16,17);1H. The van der Waals surface area contributed by atoms with Crippen molar-refractivity contribution in [2.24, 2.45) is 4.99 Å². The molecular weight excluding hydrogens is 330 g/mol. The number of fused-ring (bicyclic) bond motifs is 3. The molecule has 0 aromatic heterocycles. The summed E-state index contributed by atoms with van der Waals surface area (Å²) in [6, 6.07) is 7.05. The van der Waals surface area contributed by atoms with Gasteiger partial charge in [0, 0.05) is 0 Å². The number of rotatable bonds is 2. The molecule has 3 rings (SSSR count). The second kappa shape index (κ2) is 4.72. The van der Waals surface area contributed by atoms with E-state index in [9.17, 15) is 15.0 Å². The van der Waals surface area contributed by atoms with Crippen LogP contribution < -0.4 is 9.80 Å². The van der Waals surface area contributed by atoms with E-state index in [4.69, 9.17) is 5.11 Å². The van der Waals surface area contributed by atoms with Crippen LogP contribution in [-0.4, -0.2) is 45.7 Å². The highest BCUT2D eigenvalue weighted by atomic mass is 79.9. The van der Waals surface area contributed by atoms with E-state index in [1.165, 1.54) is 16.7 Å². The fraction of sp³-hybridized carbons (Fsp3) is 0.333. The summed E-state index contributed by atoms with van der Waals surface area (Å²) in [5, 5.41) is 29.1.